The van der Waals surface area contributed by atoms with Gasteiger partial charge in [0.15, 0.2) is 0 Å². The highest BCUT2D eigenvalue weighted by Gasteiger charge is 2.45. The van der Waals surface area contributed by atoms with Crippen LogP contribution in [0.1, 0.15) is 47.8 Å². The summed E-state index contributed by atoms with van der Waals surface area (Å²) in [4.78, 5) is 28.9. The Kier molecular flexibility index (Phi) is 4.87. The number of imidazole rings is 1. The van der Waals surface area contributed by atoms with Gasteiger partial charge in [-0.3, -0.25) is 9.59 Å². The molecule has 3 N–H and O–H groups in total. The Bertz CT molecular complexity index is 930. The molecule has 6 nitrogen and oxygen atoms in total. The molecule has 1 heterocycles. The van der Waals surface area contributed by atoms with Gasteiger partial charge in [-0.25, -0.2) is 9.37 Å². The van der Waals surface area contributed by atoms with Crippen molar-refractivity contribution in [3.8, 4) is 0 Å². The summed E-state index contributed by atoms with van der Waals surface area (Å²) < 4.78 is 15.0. The quantitative estimate of drug-likeness (QED) is 0.817. The maximum absolute atomic E-state index is 13.3. The van der Waals surface area contributed by atoms with E-state index in [-0.39, 0.29) is 28.7 Å². The fraction of sp³-hybridized carbons (Fsp3) is 0.450. The molecule has 2 aliphatic carbocycles. The first-order valence-electron chi connectivity index (χ1n) is 9.40. The zero-order valence-corrected chi connectivity index (χ0v) is 16.2. The summed E-state index contributed by atoms with van der Waals surface area (Å²) in [6, 6.07) is 4.07. The number of rotatable bonds is 4. The first-order valence-corrected chi connectivity index (χ1v) is 9.78. The number of nitrogens with one attached hydrogen (secondary N) is 1. The van der Waals surface area contributed by atoms with E-state index >= 15 is 0 Å². The lowest BCUT2D eigenvalue weighted by atomic mass is 9.94. The molecule has 0 aliphatic heterocycles. The third-order valence-electron chi connectivity index (χ3n) is 6.16. The van der Waals surface area contributed by atoms with Crippen LogP contribution >= 0.6 is 11.6 Å². The van der Waals surface area contributed by atoms with Crippen LogP contribution in [0.4, 0.5) is 10.1 Å². The molecule has 0 spiro atoms. The van der Waals surface area contributed by atoms with Gasteiger partial charge in [-0.1, -0.05) is 11.6 Å². The molecular formula is C20H22ClFN4O2. The van der Waals surface area contributed by atoms with Gasteiger partial charge in [0.1, 0.15) is 11.5 Å². The maximum atomic E-state index is 13.3. The van der Waals surface area contributed by atoms with Crippen molar-refractivity contribution in [2.45, 2.75) is 31.6 Å². The first-order chi connectivity index (χ1) is 13.3. The number of benzene rings is 1. The van der Waals surface area contributed by atoms with E-state index in [9.17, 15) is 14.0 Å². The number of fused-ring (bicyclic) bond motifs is 1. The van der Waals surface area contributed by atoms with Gasteiger partial charge >= 0.3 is 0 Å². The van der Waals surface area contributed by atoms with E-state index in [1.54, 1.807) is 17.9 Å². The van der Waals surface area contributed by atoms with Gasteiger partial charge in [0.05, 0.1) is 17.0 Å². The van der Waals surface area contributed by atoms with Gasteiger partial charge in [-0.15, -0.1) is 0 Å². The van der Waals surface area contributed by atoms with Crippen molar-refractivity contribution in [1.82, 2.24) is 9.55 Å². The fourth-order valence-corrected chi connectivity index (χ4v) is 5.04. The molecule has 28 heavy (non-hydrogen) atoms. The molecule has 1 aromatic heterocycles. The van der Waals surface area contributed by atoms with Crippen molar-refractivity contribution in [2.24, 2.45) is 30.5 Å². The Morgan fingerprint density at radius 1 is 1.25 bits per heavy atom. The molecule has 1 aromatic carbocycles. The largest absolute Gasteiger partial charge is 0.369 e. The van der Waals surface area contributed by atoms with E-state index in [1.807, 2.05) is 0 Å². The van der Waals surface area contributed by atoms with Crippen molar-refractivity contribution < 1.29 is 14.0 Å². The minimum absolute atomic E-state index is 0.0225. The lowest BCUT2D eigenvalue weighted by Crippen LogP contribution is -2.22. The smallest absolute Gasteiger partial charge is 0.274 e. The van der Waals surface area contributed by atoms with Gasteiger partial charge in [-0.2, -0.15) is 0 Å². The molecule has 148 valence electrons. The van der Waals surface area contributed by atoms with Crippen LogP contribution in [0.15, 0.2) is 24.5 Å². The van der Waals surface area contributed by atoms with Crippen LogP contribution in [-0.2, 0) is 11.8 Å². The second kappa shape index (κ2) is 7.20. The highest BCUT2D eigenvalue weighted by molar-refractivity contribution is 6.31. The third kappa shape index (κ3) is 3.39. The molecule has 2 saturated carbocycles. The number of amides is 2. The third-order valence-corrected chi connectivity index (χ3v) is 6.45. The monoisotopic (exact) mass is 404 g/mol. The molecular weight excluding hydrogens is 383 g/mol. The molecule has 0 saturated heterocycles. The summed E-state index contributed by atoms with van der Waals surface area (Å²) in [6.07, 6.45) is 5.13. The molecule has 0 radical (unpaired) electrons. The highest BCUT2D eigenvalue weighted by atomic mass is 35.5. The molecule has 2 aromatic rings. The lowest BCUT2D eigenvalue weighted by molar-refractivity contribution is -0.121. The van der Waals surface area contributed by atoms with Gasteiger partial charge in [-0.05, 0) is 55.7 Å². The number of carbonyl (C=O) groups is 2. The summed E-state index contributed by atoms with van der Waals surface area (Å²) in [5.41, 5.74) is 7.17. The van der Waals surface area contributed by atoms with E-state index in [2.05, 4.69) is 10.3 Å². The van der Waals surface area contributed by atoms with Gasteiger partial charge < -0.3 is 15.6 Å². The summed E-state index contributed by atoms with van der Waals surface area (Å²) in [5.74, 6) is 0.0279. The number of anilines is 1. The average Bonchev–Trinajstić information content (AvgIpc) is 3.30. The topological polar surface area (TPSA) is 90.0 Å². The Morgan fingerprint density at radius 2 is 1.93 bits per heavy atom. The summed E-state index contributed by atoms with van der Waals surface area (Å²) in [5, 5.41) is 2.73. The van der Waals surface area contributed by atoms with Crippen molar-refractivity contribution in [1.29, 1.82) is 0 Å². The zero-order chi connectivity index (χ0) is 20.0. The SMILES string of the molecule is Cn1cnc(C2CC3CC(C(N)=O)CC3C2)c1C(=O)Nc1ccc(F)c(Cl)c1. The number of primary amides is 1. The number of hydrogen-bond acceptors (Lipinski definition) is 3. The summed E-state index contributed by atoms with van der Waals surface area (Å²) in [7, 11) is 1.78. The molecule has 2 atom stereocenters. The summed E-state index contributed by atoms with van der Waals surface area (Å²) in [6.45, 7) is 0. The average molecular weight is 405 g/mol. The Morgan fingerprint density at radius 3 is 2.54 bits per heavy atom. The van der Waals surface area contributed by atoms with E-state index in [4.69, 9.17) is 17.3 Å². The van der Waals surface area contributed by atoms with Crippen molar-refractivity contribution >= 4 is 29.1 Å². The normalized spacial score (nSPS) is 26.2. The van der Waals surface area contributed by atoms with Crippen LogP contribution in [0.3, 0.4) is 0 Å². The van der Waals surface area contributed by atoms with Crippen LogP contribution in [0.5, 0.6) is 0 Å². The standard InChI is InChI=1S/C20H22ClFN4O2/c1-26-9-24-17(12-4-10-6-13(19(23)27)7-11(10)5-12)18(26)20(28)25-14-2-3-16(22)15(21)8-14/h2-3,8-13H,4-7H2,1H3,(H2,23,27)(H,25,28). The number of nitrogens with zero attached hydrogens (tertiary/aromatic N) is 2. The molecule has 2 unspecified atom stereocenters. The molecule has 2 aliphatic rings. The Hall–Kier alpha value is -2.41. The van der Waals surface area contributed by atoms with E-state index in [1.165, 1.54) is 18.2 Å². The Balaban J connectivity index is 1.51. The van der Waals surface area contributed by atoms with E-state index in [0.717, 1.165) is 31.4 Å². The van der Waals surface area contributed by atoms with Crippen molar-refractivity contribution in [2.75, 3.05) is 5.32 Å². The minimum Gasteiger partial charge on any atom is -0.369 e. The van der Waals surface area contributed by atoms with Crippen molar-refractivity contribution in [3.05, 3.63) is 46.8 Å². The maximum Gasteiger partial charge on any atom is 0.274 e. The molecule has 2 amide bonds. The van der Waals surface area contributed by atoms with Gasteiger partial charge in [0.25, 0.3) is 5.91 Å². The van der Waals surface area contributed by atoms with Crippen LogP contribution < -0.4 is 11.1 Å². The molecule has 8 heteroatoms. The fourth-order valence-electron chi connectivity index (χ4n) is 4.86. The van der Waals surface area contributed by atoms with Gasteiger partial charge in [0, 0.05) is 24.6 Å². The van der Waals surface area contributed by atoms with E-state index in [0.29, 0.717) is 23.2 Å². The first kappa shape index (κ1) is 18.9. The second-order valence-corrected chi connectivity index (χ2v) is 8.34. The number of carbonyl (C=O) groups excluding carboxylic acids is 2. The number of nitrogens with two attached hydrogens (primary N) is 1. The van der Waals surface area contributed by atoms with Crippen LogP contribution in [0, 0.1) is 23.6 Å². The molecule has 0 bridgehead atoms. The second-order valence-electron chi connectivity index (χ2n) is 7.93. The molecule has 4 rings (SSSR count). The predicted octanol–water partition coefficient (Wildman–Crippen LogP) is 3.47. The van der Waals surface area contributed by atoms with E-state index < -0.39 is 5.82 Å². The number of aromatic nitrogens is 2. The minimum atomic E-state index is -0.535. The highest BCUT2D eigenvalue weighted by Crippen LogP contribution is 2.52. The number of aryl methyl sites for hydroxylation is 1. The Labute approximate surface area is 167 Å². The zero-order valence-electron chi connectivity index (χ0n) is 15.5. The van der Waals surface area contributed by atoms with Crippen LogP contribution in [-0.4, -0.2) is 21.4 Å². The van der Waals surface area contributed by atoms with Gasteiger partial charge in [0.2, 0.25) is 5.91 Å². The van der Waals surface area contributed by atoms with Crippen LogP contribution in [0.25, 0.3) is 0 Å². The van der Waals surface area contributed by atoms with Crippen molar-refractivity contribution in [3.63, 3.8) is 0 Å². The predicted molar refractivity (Wildman–Crippen MR) is 103 cm³/mol. The number of hydrogen-bond donors (Lipinski definition) is 2. The summed E-state index contributed by atoms with van der Waals surface area (Å²) >= 11 is 5.80. The number of halogens is 2. The molecule has 2 fully saturated rings. The van der Waals surface area contributed by atoms with Crippen LogP contribution in [0.2, 0.25) is 5.02 Å². The lowest BCUT2D eigenvalue weighted by Gasteiger charge is -2.14.